The van der Waals surface area contributed by atoms with Gasteiger partial charge >= 0.3 is 0 Å². The summed E-state index contributed by atoms with van der Waals surface area (Å²) in [6.07, 6.45) is 2.26. The van der Waals surface area contributed by atoms with Gasteiger partial charge in [-0.05, 0) is 30.4 Å². The maximum absolute atomic E-state index is 9.38. The first-order valence-electron chi connectivity index (χ1n) is 4.07. The van der Waals surface area contributed by atoms with Crippen LogP contribution in [0.4, 0.5) is 0 Å². The summed E-state index contributed by atoms with van der Waals surface area (Å²) in [6.45, 7) is 0. The van der Waals surface area contributed by atoms with Crippen LogP contribution in [0.2, 0.25) is 0 Å². The fourth-order valence-corrected chi connectivity index (χ4v) is 1.14. The molecule has 0 radical (unpaired) electrons. The highest BCUT2D eigenvalue weighted by Gasteiger charge is 2.25. The second-order valence-electron chi connectivity index (χ2n) is 2.74. The highest BCUT2D eigenvalue weighted by atomic mass is 16.3. The molecule has 0 saturated heterocycles. The summed E-state index contributed by atoms with van der Waals surface area (Å²) in [7, 11) is 0. The number of aromatic hydroxyl groups is 1. The van der Waals surface area contributed by atoms with Crippen LogP contribution < -0.4 is 0 Å². The van der Waals surface area contributed by atoms with Crippen LogP contribution in [0.3, 0.4) is 0 Å². The molecule has 0 aromatic heterocycles. The molecule has 0 atom stereocenters. The minimum absolute atomic E-state index is 0.292. The van der Waals surface area contributed by atoms with E-state index in [-0.39, 0.29) is 0 Å². The van der Waals surface area contributed by atoms with Crippen LogP contribution in [-0.4, -0.2) is 5.11 Å². The average Bonchev–Trinajstić information content (AvgIpc) is 2.70. The summed E-state index contributed by atoms with van der Waals surface area (Å²) in [5, 5.41) is 9.38. The average molecular weight is 135 g/mol. The van der Waals surface area contributed by atoms with Crippen LogP contribution in [0, 0.1) is 0 Å². The van der Waals surface area contributed by atoms with E-state index in [9.17, 15) is 5.11 Å². The molecule has 52 valence electrons. The minimum atomic E-state index is 0.292. The quantitative estimate of drug-likeness (QED) is 0.626. The maximum atomic E-state index is 9.38. The van der Waals surface area contributed by atoms with Crippen molar-refractivity contribution in [1.29, 1.82) is 0 Å². The smallest absolute Gasteiger partial charge is 0.119 e. The Labute approximate surface area is 61.7 Å². The van der Waals surface area contributed by atoms with Crippen LogP contribution in [0.25, 0.3) is 0 Å². The Morgan fingerprint density at radius 1 is 1.50 bits per heavy atom. The molecule has 1 nitrogen and oxygen atoms in total. The Morgan fingerprint density at radius 3 is 2.90 bits per heavy atom. The van der Waals surface area contributed by atoms with Gasteiger partial charge in [-0.15, -0.1) is 0 Å². The third-order valence-corrected chi connectivity index (χ3v) is 1.85. The summed E-state index contributed by atoms with van der Waals surface area (Å²) in [5.41, 5.74) is 0.840. The first kappa shape index (κ1) is 4.78. The standard InChI is InChI=1S/C9H10O/c10-9-4-2-1-3-8(9)7-5-6-7/h1-4,7,10H,5-6H2/i3D. The van der Waals surface area contributed by atoms with E-state index in [1.807, 2.05) is 0 Å². The summed E-state index contributed by atoms with van der Waals surface area (Å²) in [5.74, 6) is 0.753. The Morgan fingerprint density at radius 2 is 2.30 bits per heavy atom. The molecule has 0 aliphatic heterocycles. The Bertz CT molecular complexity index is 259. The molecule has 0 amide bonds. The fraction of sp³-hybridized carbons (Fsp3) is 0.333. The second-order valence-corrected chi connectivity index (χ2v) is 2.74. The van der Waals surface area contributed by atoms with Gasteiger partial charge in [-0.2, -0.15) is 0 Å². The molecular formula is C9H10O. The third-order valence-electron chi connectivity index (χ3n) is 1.85. The molecule has 1 aromatic carbocycles. The molecule has 0 unspecified atom stereocenters. The lowest BCUT2D eigenvalue weighted by Gasteiger charge is -1.98. The van der Waals surface area contributed by atoms with Crippen LogP contribution in [0.5, 0.6) is 5.75 Å². The zero-order valence-electron chi connectivity index (χ0n) is 6.67. The van der Waals surface area contributed by atoms with E-state index in [1.54, 1.807) is 18.2 Å². The van der Waals surface area contributed by atoms with Gasteiger partial charge in [0.15, 0.2) is 0 Å². The van der Waals surface area contributed by atoms with Crippen LogP contribution in [0.1, 0.15) is 25.7 Å². The normalized spacial score (nSPS) is 18.6. The van der Waals surface area contributed by atoms with Crippen molar-refractivity contribution in [3.05, 3.63) is 29.8 Å². The van der Waals surface area contributed by atoms with E-state index >= 15 is 0 Å². The van der Waals surface area contributed by atoms with Crippen molar-refractivity contribution < 1.29 is 6.48 Å². The molecule has 0 bridgehead atoms. The Hall–Kier alpha value is -0.980. The highest BCUT2D eigenvalue weighted by Crippen LogP contribution is 2.43. The van der Waals surface area contributed by atoms with Gasteiger partial charge in [0.25, 0.3) is 0 Å². The van der Waals surface area contributed by atoms with Crippen molar-refractivity contribution in [3.63, 3.8) is 0 Å². The lowest BCUT2D eigenvalue weighted by molar-refractivity contribution is 0.468. The molecule has 1 N–H and O–H groups in total. The minimum Gasteiger partial charge on any atom is -0.508 e. The predicted octanol–water partition coefficient (Wildman–Crippen LogP) is 2.27. The molecule has 1 saturated carbocycles. The summed E-state index contributed by atoms with van der Waals surface area (Å²) in [4.78, 5) is 0. The van der Waals surface area contributed by atoms with Gasteiger partial charge in [0, 0.05) is 0 Å². The van der Waals surface area contributed by atoms with E-state index in [2.05, 4.69) is 0 Å². The summed E-state index contributed by atoms with van der Waals surface area (Å²) >= 11 is 0. The van der Waals surface area contributed by atoms with Gasteiger partial charge in [0.1, 0.15) is 5.75 Å². The van der Waals surface area contributed by atoms with Gasteiger partial charge in [0.05, 0.1) is 1.37 Å². The van der Waals surface area contributed by atoms with Crippen molar-refractivity contribution in [1.82, 2.24) is 0 Å². The number of benzene rings is 1. The summed E-state index contributed by atoms with van der Waals surface area (Å²) < 4.78 is 7.52. The predicted molar refractivity (Wildman–Crippen MR) is 40.1 cm³/mol. The molecule has 2 rings (SSSR count). The van der Waals surface area contributed by atoms with Crippen molar-refractivity contribution in [2.75, 3.05) is 0 Å². The number of phenolic OH excluding ortho intramolecular Hbond substituents is 1. The maximum Gasteiger partial charge on any atom is 0.119 e. The van der Waals surface area contributed by atoms with E-state index in [4.69, 9.17) is 1.37 Å². The monoisotopic (exact) mass is 135 g/mol. The number of rotatable bonds is 1. The van der Waals surface area contributed by atoms with Gasteiger partial charge in [0.2, 0.25) is 0 Å². The lowest BCUT2D eigenvalue weighted by Crippen LogP contribution is -1.77. The van der Waals surface area contributed by atoms with Gasteiger partial charge in [-0.25, -0.2) is 0 Å². The zero-order chi connectivity index (χ0) is 7.84. The molecular weight excluding hydrogens is 124 g/mol. The first-order valence-corrected chi connectivity index (χ1v) is 3.57. The first-order chi connectivity index (χ1) is 5.29. The van der Waals surface area contributed by atoms with Crippen molar-refractivity contribution in [2.45, 2.75) is 18.8 Å². The van der Waals surface area contributed by atoms with Gasteiger partial charge < -0.3 is 5.11 Å². The molecule has 0 heterocycles. The number of hydrogen-bond donors (Lipinski definition) is 1. The number of para-hydroxylation sites is 1. The fourth-order valence-electron chi connectivity index (χ4n) is 1.14. The lowest BCUT2D eigenvalue weighted by atomic mass is 10.1. The molecule has 1 heteroatoms. The molecule has 0 spiro atoms. The molecule has 1 aliphatic carbocycles. The van der Waals surface area contributed by atoms with Crippen LogP contribution in [0.15, 0.2) is 24.2 Å². The summed E-state index contributed by atoms with van der Waals surface area (Å²) in [6, 6.07) is 5.58. The SMILES string of the molecule is [2H]c1cccc(O)c1C1CC1. The Kier molecular flexibility index (Phi) is 0.961. The Balaban J connectivity index is 2.48. The number of hydrogen-bond acceptors (Lipinski definition) is 1. The van der Waals surface area contributed by atoms with E-state index in [0.717, 1.165) is 18.4 Å². The topological polar surface area (TPSA) is 20.2 Å². The largest absolute Gasteiger partial charge is 0.508 e. The molecule has 1 aliphatic rings. The zero-order valence-corrected chi connectivity index (χ0v) is 5.67. The van der Waals surface area contributed by atoms with Gasteiger partial charge in [-0.3, -0.25) is 0 Å². The van der Waals surface area contributed by atoms with E-state index in [0.29, 0.717) is 17.7 Å². The molecule has 1 aromatic rings. The molecule has 1 fully saturated rings. The van der Waals surface area contributed by atoms with Crippen molar-refractivity contribution in [2.24, 2.45) is 0 Å². The van der Waals surface area contributed by atoms with E-state index < -0.39 is 0 Å². The second kappa shape index (κ2) is 2.01. The van der Waals surface area contributed by atoms with Crippen LogP contribution in [-0.2, 0) is 0 Å². The third kappa shape index (κ3) is 0.878. The van der Waals surface area contributed by atoms with Gasteiger partial charge in [-0.1, -0.05) is 18.2 Å². The molecule has 10 heavy (non-hydrogen) atoms. The van der Waals surface area contributed by atoms with Crippen molar-refractivity contribution in [3.8, 4) is 5.75 Å². The van der Waals surface area contributed by atoms with Crippen molar-refractivity contribution >= 4 is 0 Å². The highest BCUT2D eigenvalue weighted by molar-refractivity contribution is 5.37. The number of phenols is 1. The van der Waals surface area contributed by atoms with Crippen LogP contribution >= 0.6 is 0 Å². The van der Waals surface area contributed by atoms with E-state index in [1.165, 1.54) is 0 Å².